The minimum Gasteiger partial charge on any atom is -0.345 e. The number of carbonyl (C=O) groups is 2. The number of hydrogen-bond acceptors (Lipinski definition) is 2. The topological polar surface area (TPSA) is 46.2 Å². The van der Waals surface area contributed by atoms with Crippen molar-refractivity contribution in [3.8, 4) is 0 Å². The maximum absolute atomic E-state index is 11.4. The van der Waals surface area contributed by atoms with E-state index in [1.54, 1.807) is 0 Å². The quantitative estimate of drug-likeness (QED) is 0.0988. The van der Waals surface area contributed by atoms with Crippen LogP contribution in [0.1, 0.15) is 123 Å². The third-order valence-electron chi connectivity index (χ3n) is 5.84. The average molecular weight is 464 g/mol. The first-order chi connectivity index (χ1) is 14.5. The fourth-order valence-corrected chi connectivity index (χ4v) is 5.73. The number of unbranched alkanes of at least 4 members (excludes halogenated alkanes) is 15. The summed E-state index contributed by atoms with van der Waals surface area (Å²) >= 11 is 5.58. The van der Waals surface area contributed by atoms with Crippen LogP contribution in [-0.4, -0.2) is 35.0 Å². The third-order valence-corrected chi connectivity index (χ3v) is 8.21. The van der Waals surface area contributed by atoms with E-state index in [1.165, 1.54) is 115 Å². The molecule has 1 amide bonds. The second kappa shape index (κ2) is 22.0. The summed E-state index contributed by atoms with van der Waals surface area (Å²) in [6.07, 6.45) is 25.4. The van der Waals surface area contributed by atoms with E-state index in [1.807, 2.05) is 0 Å². The molecule has 0 aromatic carbocycles. The Balaban J connectivity index is 3.37. The Bertz CT molecular complexity index is 420. The van der Waals surface area contributed by atoms with E-state index in [0.717, 1.165) is 5.75 Å². The Labute approximate surface area is 195 Å². The van der Waals surface area contributed by atoms with Crippen LogP contribution in [0.15, 0.2) is 0 Å². The zero-order valence-corrected chi connectivity index (χ0v) is 21.8. The molecular formula is C25H50ClNO2S. The predicted octanol–water partition coefficient (Wildman–Crippen LogP) is 7.54. The van der Waals surface area contributed by atoms with Crippen molar-refractivity contribution < 1.29 is 9.59 Å². The number of thiol groups is 1. The Morgan fingerprint density at radius 2 is 1.13 bits per heavy atom. The van der Waals surface area contributed by atoms with E-state index in [4.69, 9.17) is 11.6 Å². The lowest BCUT2D eigenvalue weighted by molar-refractivity contribution is -0.123. The average Bonchev–Trinajstić information content (AvgIpc) is 2.70. The van der Waals surface area contributed by atoms with Gasteiger partial charge in [0.25, 0.3) is 0 Å². The summed E-state index contributed by atoms with van der Waals surface area (Å²) < 4.78 is 0. The van der Waals surface area contributed by atoms with Gasteiger partial charge in [-0.1, -0.05) is 103 Å². The van der Waals surface area contributed by atoms with Gasteiger partial charge < -0.3 is 5.32 Å². The van der Waals surface area contributed by atoms with Gasteiger partial charge in [-0.25, -0.2) is 0 Å². The van der Waals surface area contributed by atoms with Gasteiger partial charge >= 0.3 is 0 Å². The zero-order valence-electron chi connectivity index (χ0n) is 20.2. The van der Waals surface area contributed by atoms with Gasteiger partial charge in [0.1, 0.15) is 6.04 Å². The van der Waals surface area contributed by atoms with Crippen LogP contribution in [0.5, 0.6) is 0 Å². The molecule has 5 heteroatoms. The first-order valence-electron chi connectivity index (χ1n) is 12.6. The summed E-state index contributed by atoms with van der Waals surface area (Å²) in [6.45, 7) is 3.71. The molecule has 2 atom stereocenters. The molecule has 0 fully saturated rings. The summed E-state index contributed by atoms with van der Waals surface area (Å²) in [5, 5.41) is 2.20. The molecule has 0 saturated heterocycles. The van der Waals surface area contributed by atoms with E-state index >= 15 is 0 Å². The van der Waals surface area contributed by atoms with Crippen LogP contribution in [0.4, 0.5) is 0 Å². The first-order valence-corrected chi connectivity index (χ1v) is 15.2. The molecule has 3 nitrogen and oxygen atoms in total. The summed E-state index contributed by atoms with van der Waals surface area (Å²) in [4.78, 5) is 22.5. The maximum Gasteiger partial charge on any atom is 0.244 e. The van der Waals surface area contributed by atoms with Gasteiger partial charge in [-0.3, -0.25) is 20.5 Å². The molecule has 0 aromatic heterocycles. The summed E-state index contributed by atoms with van der Waals surface area (Å²) in [5.41, 5.74) is 0. The molecule has 0 aromatic rings. The Morgan fingerprint density at radius 1 is 0.733 bits per heavy atom. The molecule has 1 unspecified atom stereocenters. The zero-order chi connectivity index (χ0) is 22.5. The minimum absolute atomic E-state index is 0.0677. The van der Waals surface area contributed by atoms with Crippen LogP contribution in [0.3, 0.4) is 0 Å². The highest BCUT2D eigenvalue weighted by atomic mass is 35.5. The van der Waals surface area contributed by atoms with Crippen LogP contribution < -0.4 is 5.32 Å². The second-order valence-electron chi connectivity index (χ2n) is 8.95. The van der Waals surface area contributed by atoms with E-state index < -0.39 is 11.3 Å². The lowest BCUT2D eigenvalue weighted by Crippen LogP contribution is -2.38. The van der Waals surface area contributed by atoms with Crippen LogP contribution in [0.2, 0.25) is 0 Å². The Morgan fingerprint density at radius 3 is 1.50 bits per heavy atom. The molecule has 0 spiro atoms. The van der Waals surface area contributed by atoms with Crippen molar-refractivity contribution in [1.29, 1.82) is 0 Å². The van der Waals surface area contributed by atoms with Gasteiger partial charge in [0.05, 0.1) is 0 Å². The SMILES string of the molecule is CCCCCCCCCCCCCCCCCC[SH](C)CC[C@@H](NC(C)=O)C(=O)Cl. The van der Waals surface area contributed by atoms with Crippen LogP contribution in [-0.2, 0) is 9.59 Å². The smallest absolute Gasteiger partial charge is 0.244 e. The van der Waals surface area contributed by atoms with E-state index in [0.29, 0.717) is 6.42 Å². The highest BCUT2D eigenvalue weighted by Crippen LogP contribution is 2.24. The van der Waals surface area contributed by atoms with Crippen molar-refractivity contribution in [1.82, 2.24) is 5.32 Å². The molecule has 0 bridgehead atoms. The number of halogens is 1. The molecule has 0 aliphatic rings. The van der Waals surface area contributed by atoms with Crippen LogP contribution >= 0.6 is 22.5 Å². The Hall–Kier alpha value is -0.220. The van der Waals surface area contributed by atoms with Crippen molar-refractivity contribution in [2.24, 2.45) is 0 Å². The van der Waals surface area contributed by atoms with Gasteiger partial charge in [0.15, 0.2) is 0 Å². The highest BCUT2D eigenvalue weighted by Gasteiger charge is 2.17. The third kappa shape index (κ3) is 21.0. The lowest BCUT2D eigenvalue weighted by Gasteiger charge is -2.19. The van der Waals surface area contributed by atoms with Crippen molar-refractivity contribution in [3.05, 3.63) is 0 Å². The van der Waals surface area contributed by atoms with Crippen molar-refractivity contribution in [2.45, 2.75) is 129 Å². The summed E-state index contributed by atoms with van der Waals surface area (Å²) in [7, 11) is -0.0677. The molecule has 30 heavy (non-hydrogen) atoms. The van der Waals surface area contributed by atoms with Crippen LogP contribution in [0, 0.1) is 0 Å². The standard InChI is InChI=1S/C25H50ClNO2S/c1-4-5-6-7-8-9-10-11-12-13-14-15-16-17-18-19-21-30(3)22-20-24(25(26)29)27-23(2)28/h24,30H,4-22H2,1-3H3,(H,27,28)/t24-/m1/s1. The van der Waals surface area contributed by atoms with Crippen molar-refractivity contribution >= 4 is 33.6 Å². The molecule has 0 aliphatic carbocycles. The fourth-order valence-electron chi connectivity index (χ4n) is 3.88. The van der Waals surface area contributed by atoms with Gasteiger partial charge in [-0.2, -0.15) is 0 Å². The number of nitrogens with one attached hydrogen (secondary N) is 1. The molecular weight excluding hydrogens is 414 g/mol. The first kappa shape index (κ1) is 29.8. The van der Waals surface area contributed by atoms with Crippen LogP contribution in [0.25, 0.3) is 0 Å². The van der Waals surface area contributed by atoms with Gasteiger partial charge in [0.2, 0.25) is 11.1 Å². The molecule has 0 heterocycles. The van der Waals surface area contributed by atoms with E-state index in [-0.39, 0.29) is 16.8 Å². The minimum atomic E-state index is -0.514. The normalized spacial score (nSPS) is 13.8. The monoisotopic (exact) mass is 463 g/mol. The predicted molar refractivity (Wildman–Crippen MR) is 137 cm³/mol. The van der Waals surface area contributed by atoms with Gasteiger partial charge in [0, 0.05) is 6.92 Å². The summed E-state index contributed by atoms with van der Waals surface area (Å²) in [5.74, 6) is 2.07. The molecule has 180 valence electrons. The maximum atomic E-state index is 11.4. The number of carbonyl (C=O) groups excluding carboxylic acids is 2. The molecule has 0 rings (SSSR count). The van der Waals surface area contributed by atoms with Crippen molar-refractivity contribution in [2.75, 3.05) is 17.8 Å². The fraction of sp³-hybridized carbons (Fsp3) is 0.920. The van der Waals surface area contributed by atoms with E-state index in [2.05, 4.69) is 18.5 Å². The van der Waals surface area contributed by atoms with Gasteiger partial charge in [-0.15, -0.1) is 0 Å². The van der Waals surface area contributed by atoms with Crippen molar-refractivity contribution in [3.63, 3.8) is 0 Å². The molecule has 0 aliphatic heterocycles. The number of hydrogen-bond donors (Lipinski definition) is 2. The molecule has 1 N–H and O–H groups in total. The number of rotatable bonds is 22. The lowest BCUT2D eigenvalue weighted by atomic mass is 10.0. The largest absolute Gasteiger partial charge is 0.345 e. The highest BCUT2D eigenvalue weighted by molar-refractivity contribution is 8.16. The molecule has 0 saturated carbocycles. The summed E-state index contributed by atoms with van der Waals surface area (Å²) in [6, 6.07) is -0.514. The number of amides is 1. The Kier molecular flexibility index (Phi) is 21.8. The van der Waals surface area contributed by atoms with E-state index in [9.17, 15) is 9.59 Å². The molecule has 0 radical (unpaired) electrons. The van der Waals surface area contributed by atoms with Gasteiger partial charge in [-0.05, 0) is 42.2 Å². The second-order valence-corrected chi connectivity index (χ2v) is 11.9.